The lowest BCUT2D eigenvalue weighted by atomic mass is 10.1. The summed E-state index contributed by atoms with van der Waals surface area (Å²) in [6.45, 7) is 2.90. The van der Waals surface area contributed by atoms with E-state index >= 15 is 0 Å². The van der Waals surface area contributed by atoms with Gasteiger partial charge in [0.2, 0.25) is 0 Å². The summed E-state index contributed by atoms with van der Waals surface area (Å²) in [6.07, 6.45) is 1.79. The first-order chi connectivity index (χ1) is 16.9. The molecule has 6 nitrogen and oxygen atoms in total. The first-order valence-corrected chi connectivity index (χ1v) is 12.7. The van der Waals surface area contributed by atoms with Crippen LogP contribution in [0.25, 0.3) is 6.08 Å². The van der Waals surface area contributed by atoms with Crippen molar-refractivity contribution in [2.75, 3.05) is 13.7 Å². The van der Waals surface area contributed by atoms with Crippen LogP contribution in [0.15, 0.2) is 75.0 Å². The maximum atomic E-state index is 12.6. The zero-order valence-corrected chi connectivity index (χ0v) is 22.2. The van der Waals surface area contributed by atoms with Gasteiger partial charge in [-0.1, -0.05) is 39.7 Å². The molecule has 1 N–H and O–H groups in total. The molecular weight excluding hydrogens is 552 g/mol. The maximum absolute atomic E-state index is 12.6. The van der Waals surface area contributed by atoms with E-state index < -0.39 is 0 Å². The van der Waals surface area contributed by atoms with Crippen molar-refractivity contribution in [3.8, 4) is 17.2 Å². The Morgan fingerprint density at radius 1 is 1.06 bits per heavy atom. The standard InChI is InChI=1S/C26H22BrClN2O4S/c1-3-33-20-10-8-19(9-11-20)29-26-30-25(31)24(35-26)13-17-12-22(32-2)23(14-21(17)27)34-15-16-4-6-18(28)7-5-16/h4-14H,3,15H2,1-2H3,(H,29,30,31)/b24-13+. The molecule has 0 unspecified atom stereocenters. The number of amidine groups is 1. The second kappa shape index (κ2) is 11.7. The van der Waals surface area contributed by atoms with Gasteiger partial charge in [0.15, 0.2) is 16.7 Å². The van der Waals surface area contributed by atoms with Crippen LogP contribution in [0.4, 0.5) is 5.69 Å². The highest BCUT2D eigenvalue weighted by molar-refractivity contribution is 9.10. The van der Waals surface area contributed by atoms with Crippen LogP contribution in [-0.2, 0) is 11.4 Å². The third kappa shape index (κ3) is 6.60. The number of hydrogen-bond acceptors (Lipinski definition) is 6. The van der Waals surface area contributed by atoms with Crippen molar-refractivity contribution in [3.63, 3.8) is 0 Å². The van der Waals surface area contributed by atoms with Crippen LogP contribution in [0.5, 0.6) is 17.2 Å². The van der Waals surface area contributed by atoms with Crippen LogP contribution in [0.1, 0.15) is 18.1 Å². The number of benzene rings is 3. The Hall–Kier alpha value is -2.94. The molecule has 0 saturated carbocycles. The van der Waals surface area contributed by atoms with Gasteiger partial charge in [-0.15, -0.1) is 0 Å². The summed E-state index contributed by atoms with van der Waals surface area (Å²) in [6, 6.07) is 18.5. The quantitative estimate of drug-likeness (QED) is 0.295. The molecule has 1 amide bonds. The molecule has 1 aliphatic heterocycles. The normalized spacial score (nSPS) is 15.4. The molecular formula is C26H22BrClN2O4S. The summed E-state index contributed by atoms with van der Waals surface area (Å²) in [4.78, 5) is 17.6. The summed E-state index contributed by atoms with van der Waals surface area (Å²) in [7, 11) is 1.58. The minimum Gasteiger partial charge on any atom is -0.494 e. The number of hydrogen-bond donors (Lipinski definition) is 1. The van der Waals surface area contributed by atoms with Crippen LogP contribution in [0, 0.1) is 0 Å². The maximum Gasteiger partial charge on any atom is 0.264 e. The molecule has 0 bridgehead atoms. The number of halogens is 2. The average Bonchev–Trinajstić information content (AvgIpc) is 3.19. The Balaban J connectivity index is 1.50. The van der Waals surface area contributed by atoms with E-state index in [0.717, 1.165) is 27.0 Å². The fourth-order valence-electron chi connectivity index (χ4n) is 3.20. The van der Waals surface area contributed by atoms with Gasteiger partial charge >= 0.3 is 0 Å². The van der Waals surface area contributed by atoms with E-state index in [2.05, 4.69) is 26.2 Å². The summed E-state index contributed by atoms with van der Waals surface area (Å²) in [5, 5.41) is 3.99. The van der Waals surface area contributed by atoms with Crippen LogP contribution in [0.2, 0.25) is 5.02 Å². The van der Waals surface area contributed by atoms with Crippen molar-refractivity contribution in [1.29, 1.82) is 0 Å². The van der Waals surface area contributed by atoms with Gasteiger partial charge in [0.1, 0.15) is 12.4 Å². The molecule has 0 aromatic heterocycles. The molecule has 180 valence electrons. The van der Waals surface area contributed by atoms with E-state index in [9.17, 15) is 4.79 Å². The van der Waals surface area contributed by atoms with Crippen LogP contribution in [-0.4, -0.2) is 24.8 Å². The van der Waals surface area contributed by atoms with Gasteiger partial charge in [0.25, 0.3) is 5.91 Å². The van der Waals surface area contributed by atoms with E-state index in [1.807, 2.05) is 67.6 Å². The summed E-state index contributed by atoms with van der Waals surface area (Å²) in [5.74, 6) is 1.70. The fourth-order valence-corrected chi connectivity index (χ4v) is 4.59. The largest absolute Gasteiger partial charge is 0.494 e. The van der Waals surface area contributed by atoms with Crippen molar-refractivity contribution < 1.29 is 19.0 Å². The summed E-state index contributed by atoms with van der Waals surface area (Å²) >= 11 is 10.8. The number of carbonyl (C=O) groups excluding carboxylic acids is 1. The van der Waals surface area contributed by atoms with Gasteiger partial charge in [-0.3, -0.25) is 4.79 Å². The summed E-state index contributed by atoms with van der Waals surface area (Å²) in [5.41, 5.74) is 2.49. The van der Waals surface area contributed by atoms with E-state index in [1.54, 1.807) is 13.2 Å². The highest BCUT2D eigenvalue weighted by Gasteiger charge is 2.24. The highest BCUT2D eigenvalue weighted by Crippen LogP contribution is 2.37. The lowest BCUT2D eigenvalue weighted by Gasteiger charge is -2.13. The van der Waals surface area contributed by atoms with Crippen molar-refractivity contribution >= 4 is 62.1 Å². The minimum absolute atomic E-state index is 0.214. The zero-order valence-electron chi connectivity index (χ0n) is 19.0. The number of nitrogens with one attached hydrogen (secondary N) is 1. The smallest absolute Gasteiger partial charge is 0.264 e. The minimum atomic E-state index is -0.214. The summed E-state index contributed by atoms with van der Waals surface area (Å²) < 4.78 is 17.7. The number of ether oxygens (including phenoxy) is 3. The van der Waals surface area contributed by atoms with Crippen molar-refractivity contribution in [1.82, 2.24) is 5.32 Å². The molecule has 9 heteroatoms. The Morgan fingerprint density at radius 2 is 1.80 bits per heavy atom. The van der Waals surface area contributed by atoms with Crippen molar-refractivity contribution in [2.45, 2.75) is 13.5 Å². The lowest BCUT2D eigenvalue weighted by Crippen LogP contribution is -2.19. The second-order valence-corrected chi connectivity index (χ2v) is 9.67. The Morgan fingerprint density at radius 3 is 2.49 bits per heavy atom. The molecule has 3 aromatic carbocycles. The Kier molecular flexibility index (Phi) is 8.38. The fraction of sp³-hybridized carbons (Fsp3) is 0.154. The van der Waals surface area contributed by atoms with E-state index in [4.69, 9.17) is 25.8 Å². The predicted molar refractivity (Wildman–Crippen MR) is 145 cm³/mol. The first kappa shape index (κ1) is 25.2. The number of methoxy groups -OCH3 is 1. The average molecular weight is 574 g/mol. The molecule has 35 heavy (non-hydrogen) atoms. The number of rotatable bonds is 8. The second-order valence-electron chi connectivity index (χ2n) is 7.35. The zero-order chi connectivity index (χ0) is 24.8. The molecule has 1 aliphatic rings. The van der Waals surface area contributed by atoms with E-state index in [0.29, 0.717) is 39.8 Å². The molecule has 3 aromatic rings. The molecule has 0 radical (unpaired) electrons. The monoisotopic (exact) mass is 572 g/mol. The van der Waals surface area contributed by atoms with Gasteiger partial charge in [-0.25, -0.2) is 4.99 Å². The number of nitrogens with zero attached hydrogens (tertiary/aromatic N) is 1. The molecule has 1 heterocycles. The van der Waals surface area contributed by atoms with Gasteiger partial charge in [0.05, 0.1) is 24.3 Å². The third-order valence-corrected chi connectivity index (χ3v) is 6.75. The van der Waals surface area contributed by atoms with Crippen LogP contribution < -0.4 is 19.5 Å². The molecule has 0 spiro atoms. The molecule has 0 atom stereocenters. The third-order valence-electron chi connectivity index (χ3n) is 4.91. The van der Waals surface area contributed by atoms with Gasteiger partial charge in [-0.2, -0.15) is 0 Å². The van der Waals surface area contributed by atoms with Gasteiger partial charge in [0, 0.05) is 9.50 Å². The predicted octanol–water partition coefficient (Wildman–Crippen LogP) is 6.98. The molecule has 1 saturated heterocycles. The van der Waals surface area contributed by atoms with Gasteiger partial charge in [-0.05, 0) is 84.4 Å². The lowest BCUT2D eigenvalue weighted by molar-refractivity contribution is -0.115. The number of amides is 1. The molecule has 4 rings (SSSR count). The Bertz CT molecular complexity index is 1280. The van der Waals surface area contributed by atoms with E-state index in [1.165, 1.54) is 11.8 Å². The number of carbonyl (C=O) groups is 1. The first-order valence-electron chi connectivity index (χ1n) is 10.7. The molecule has 1 fully saturated rings. The molecule has 0 aliphatic carbocycles. The van der Waals surface area contributed by atoms with Crippen LogP contribution >= 0.6 is 39.3 Å². The van der Waals surface area contributed by atoms with E-state index in [-0.39, 0.29) is 5.91 Å². The van der Waals surface area contributed by atoms with Crippen molar-refractivity contribution in [2.24, 2.45) is 4.99 Å². The highest BCUT2D eigenvalue weighted by atomic mass is 79.9. The SMILES string of the molecule is CCOc1ccc(N=C2NC(=O)/C(=C\c3cc(OC)c(OCc4ccc(Cl)cc4)cc3Br)S2)cc1. The number of aliphatic imine (C=N–C) groups is 1. The Labute approximate surface area is 221 Å². The topological polar surface area (TPSA) is 69.2 Å². The van der Waals surface area contributed by atoms with Crippen molar-refractivity contribution in [3.05, 3.63) is 86.2 Å². The van der Waals surface area contributed by atoms with Gasteiger partial charge < -0.3 is 19.5 Å². The van der Waals surface area contributed by atoms with Crippen LogP contribution in [0.3, 0.4) is 0 Å². The number of thioether (sulfide) groups is 1.